The van der Waals surface area contributed by atoms with Crippen molar-refractivity contribution in [1.82, 2.24) is 4.98 Å². The van der Waals surface area contributed by atoms with Crippen LogP contribution in [0, 0.1) is 6.92 Å². The number of hydrogen-bond donors (Lipinski definition) is 0. The number of thiazole rings is 1. The highest BCUT2D eigenvalue weighted by atomic mass is 35.5. The molecule has 7 heteroatoms. The van der Waals surface area contributed by atoms with E-state index in [9.17, 15) is 9.59 Å². The predicted molar refractivity (Wildman–Crippen MR) is 123 cm³/mol. The number of halogens is 1. The molecule has 31 heavy (non-hydrogen) atoms. The molecule has 1 aliphatic rings. The molecule has 2 aromatic carbocycles. The molecule has 0 atom stereocenters. The van der Waals surface area contributed by atoms with Crippen LogP contribution in [0.5, 0.6) is 0 Å². The van der Waals surface area contributed by atoms with Gasteiger partial charge in [0.05, 0.1) is 16.8 Å². The van der Waals surface area contributed by atoms with E-state index in [1.54, 1.807) is 17.0 Å². The molecule has 1 fully saturated rings. The Morgan fingerprint density at radius 2 is 1.94 bits per heavy atom. The van der Waals surface area contributed by atoms with Crippen LogP contribution in [0.2, 0.25) is 5.02 Å². The average Bonchev–Trinajstić information content (AvgIpc) is 3.15. The second kappa shape index (κ2) is 8.81. The summed E-state index contributed by atoms with van der Waals surface area (Å²) in [6.45, 7) is 3.56. The SMILES string of the molecule is CC(=O)N(c1cccc(C)c1)c1nc(COC(=O)C2(c3ccc(Cl)cc3)CCC2)cs1. The lowest BCUT2D eigenvalue weighted by Gasteiger charge is -2.39. The molecule has 4 rings (SSSR count). The molecule has 0 spiro atoms. The van der Waals surface area contributed by atoms with Crippen molar-refractivity contribution in [3.63, 3.8) is 0 Å². The molecule has 1 aliphatic carbocycles. The first-order chi connectivity index (χ1) is 14.9. The first-order valence-electron chi connectivity index (χ1n) is 10.1. The first kappa shape index (κ1) is 21.5. The van der Waals surface area contributed by atoms with Crippen molar-refractivity contribution in [1.29, 1.82) is 0 Å². The maximum absolute atomic E-state index is 13.0. The van der Waals surface area contributed by atoms with E-state index in [1.807, 2.05) is 48.7 Å². The largest absolute Gasteiger partial charge is 0.458 e. The fourth-order valence-electron chi connectivity index (χ4n) is 3.85. The van der Waals surface area contributed by atoms with Crippen molar-refractivity contribution >= 4 is 45.6 Å². The Balaban J connectivity index is 1.48. The molecule has 0 N–H and O–H groups in total. The summed E-state index contributed by atoms with van der Waals surface area (Å²) >= 11 is 7.35. The molecule has 160 valence electrons. The fourth-order valence-corrected chi connectivity index (χ4v) is 4.84. The van der Waals surface area contributed by atoms with Gasteiger partial charge < -0.3 is 4.74 Å². The highest BCUT2D eigenvalue weighted by Crippen LogP contribution is 2.45. The predicted octanol–water partition coefficient (Wildman–Crippen LogP) is 5.95. The van der Waals surface area contributed by atoms with Gasteiger partial charge in [0, 0.05) is 17.3 Å². The fraction of sp³-hybridized carbons (Fsp3) is 0.292. The first-order valence-corrected chi connectivity index (χ1v) is 11.4. The number of carbonyl (C=O) groups excluding carboxylic acids is 2. The topological polar surface area (TPSA) is 59.5 Å². The van der Waals surface area contributed by atoms with Crippen LogP contribution in [0.1, 0.15) is 43.0 Å². The quantitative estimate of drug-likeness (QED) is 0.431. The summed E-state index contributed by atoms with van der Waals surface area (Å²) in [6, 6.07) is 15.1. The molecule has 5 nitrogen and oxygen atoms in total. The van der Waals surface area contributed by atoms with Crippen molar-refractivity contribution in [3.05, 3.63) is 75.8 Å². The van der Waals surface area contributed by atoms with Crippen LogP contribution in [0.15, 0.2) is 53.9 Å². The zero-order chi connectivity index (χ0) is 22.0. The van der Waals surface area contributed by atoms with Crippen LogP contribution >= 0.6 is 22.9 Å². The number of esters is 1. The Kier molecular flexibility index (Phi) is 6.12. The minimum absolute atomic E-state index is 0.0736. The summed E-state index contributed by atoms with van der Waals surface area (Å²) < 4.78 is 5.67. The van der Waals surface area contributed by atoms with Crippen LogP contribution < -0.4 is 4.90 Å². The number of benzene rings is 2. The molecule has 1 heterocycles. The molecule has 0 radical (unpaired) electrons. The van der Waals surface area contributed by atoms with Gasteiger partial charge in [-0.05, 0) is 55.2 Å². The third-order valence-corrected chi connectivity index (χ3v) is 6.78. The number of ether oxygens (including phenoxy) is 1. The lowest BCUT2D eigenvalue weighted by Crippen LogP contribution is -2.43. The number of hydrogen-bond acceptors (Lipinski definition) is 5. The van der Waals surface area contributed by atoms with Gasteiger partial charge in [-0.1, -0.05) is 42.3 Å². The average molecular weight is 455 g/mol. The Labute approximate surface area is 190 Å². The second-order valence-electron chi connectivity index (χ2n) is 7.83. The van der Waals surface area contributed by atoms with Crippen LogP contribution in [0.25, 0.3) is 0 Å². The van der Waals surface area contributed by atoms with E-state index in [0.29, 0.717) is 15.8 Å². The van der Waals surface area contributed by atoms with Crippen molar-refractivity contribution in [2.24, 2.45) is 0 Å². The summed E-state index contributed by atoms with van der Waals surface area (Å²) in [5.74, 6) is -0.364. The third-order valence-electron chi connectivity index (χ3n) is 5.65. The molecule has 1 aromatic heterocycles. The molecule has 0 saturated heterocycles. The van der Waals surface area contributed by atoms with E-state index < -0.39 is 5.41 Å². The summed E-state index contributed by atoms with van der Waals surface area (Å²) in [5, 5.41) is 3.02. The lowest BCUT2D eigenvalue weighted by molar-refractivity contribution is -0.156. The van der Waals surface area contributed by atoms with Gasteiger partial charge in [-0.25, -0.2) is 4.98 Å². The van der Waals surface area contributed by atoms with Crippen LogP contribution in [0.3, 0.4) is 0 Å². The number of anilines is 2. The van der Waals surface area contributed by atoms with E-state index in [2.05, 4.69) is 4.98 Å². The van der Waals surface area contributed by atoms with Gasteiger partial charge in [0.15, 0.2) is 5.13 Å². The molecule has 0 unspecified atom stereocenters. The van der Waals surface area contributed by atoms with Gasteiger partial charge in [0.2, 0.25) is 5.91 Å². The van der Waals surface area contributed by atoms with Crippen molar-refractivity contribution < 1.29 is 14.3 Å². The van der Waals surface area contributed by atoms with Crippen molar-refractivity contribution in [3.8, 4) is 0 Å². The van der Waals surface area contributed by atoms with Crippen molar-refractivity contribution in [2.45, 2.75) is 45.1 Å². The summed E-state index contributed by atoms with van der Waals surface area (Å²) in [4.78, 5) is 31.4. The normalized spacial score (nSPS) is 14.5. The molecular weight excluding hydrogens is 432 g/mol. The van der Waals surface area contributed by atoms with Crippen molar-refractivity contribution in [2.75, 3.05) is 4.90 Å². The maximum Gasteiger partial charge on any atom is 0.316 e. The minimum Gasteiger partial charge on any atom is -0.458 e. The Hall–Kier alpha value is -2.70. The minimum atomic E-state index is -0.601. The van der Waals surface area contributed by atoms with Gasteiger partial charge in [-0.2, -0.15) is 0 Å². The van der Waals surface area contributed by atoms with Crippen LogP contribution in [-0.2, 0) is 26.3 Å². The monoisotopic (exact) mass is 454 g/mol. The zero-order valence-electron chi connectivity index (χ0n) is 17.4. The molecular formula is C24H23ClN2O3S. The zero-order valence-corrected chi connectivity index (χ0v) is 19.0. The van der Waals surface area contributed by atoms with E-state index >= 15 is 0 Å². The highest BCUT2D eigenvalue weighted by molar-refractivity contribution is 7.14. The highest BCUT2D eigenvalue weighted by Gasteiger charge is 2.47. The van der Waals surface area contributed by atoms with Gasteiger partial charge in [0.1, 0.15) is 6.61 Å². The molecule has 1 saturated carbocycles. The summed E-state index contributed by atoms with van der Waals surface area (Å²) in [5.41, 5.74) is 2.78. The van der Waals surface area contributed by atoms with Gasteiger partial charge in [0.25, 0.3) is 0 Å². The number of aryl methyl sites for hydroxylation is 1. The van der Waals surface area contributed by atoms with E-state index in [0.717, 1.165) is 36.1 Å². The molecule has 0 bridgehead atoms. The van der Waals surface area contributed by atoms with Gasteiger partial charge >= 0.3 is 5.97 Å². The number of nitrogens with zero attached hydrogens (tertiary/aromatic N) is 2. The molecule has 3 aromatic rings. The standard InChI is InChI=1S/C24H23ClN2O3S/c1-16-5-3-6-21(13-16)27(17(2)28)23-26-20(15-31-23)14-30-22(29)24(11-4-12-24)18-7-9-19(25)10-8-18/h3,5-10,13,15H,4,11-12,14H2,1-2H3. The summed E-state index contributed by atoms with van der Waals surface area (Å²) in [7, 11) is 0. The number of aromatic nitrogens is 1. The van der Waals surface area contributed by atoms with E-state index in [4.69, 9.17) is 16.3 Å². The van der Waals surface area contributed by atoms with E-state index in [-0.39, 0.29) is 18.5 Å². The maximum atomic E-state index is 13.0. The number of rotatable bonds is 6. The van der Waals surface area contributed by atoms with Crippen LogP contribution in [-0.4, -0.2) is 16.9 Å². The molecule has 1 amide bonds. The Morgan fingerprint density at radius 3 is 2.55 bits per heavy atom. The van der Waals surface area contributed by atoms with Crippen LogP contribution in [0.4, 0.5) is 10.8 Å². The summed E-state index contributed by atoms with van der Waals surface area (Å²) in [6.07, 6.45) is 2.52. The lowest BCUT2D eigenvalue weighted by atomic mass is 9.64. The van der Waals surface area contributed by atoms with Gasteiger partial charge in [-0.3, -0.25) is 14.5 Å². The number of amides is 1. The second-order valence-corrected chi connectivity index (χ2v) is 9.11. The Morgan fingerprint density at radius 1 is 1.19 bits per heavy atom. The third kappa shape index (κ3) is 4.36. The van der Waals surface area contributed by atoms with Gasteiger partial charge in [-0.15, -0.1) is 11.3 Å². The smallest absolute Gasteiger partial charge is 0.316 e. The number of carbonyl (C=O) groups is 2. The molecule has 0 aliphatic heterocycles. The van der Waals surface area contributed by atoms with E-state index in [1.165, 1.54) is 18.3 Å². The Bertz CT molecular complexity index is 1110.